The number of piperidine rings is 1. The Balaban J connectivity index is 1.23. The van der Waals surface area contributed by atoms with Gasteiger partial charge in [0, 0.05) is 24.2 Å². The first-order valence-electron chi connectivity index (χ1n) is 15.8. The van der Waals surface area contributed by atoms with Crippen molar-refractivity contribution in [3.63, 3.8) is 0 Å². The van der Waals surface area contributed by atoms with Gasteiger partial charge in [-0.05, 0) is 123 Å². The number of hydrogen-bond donors (Lipinski definition) is 1. The first-order valence-corrected chi connectivity index (χ1v) is 15.8. The lowest BCUT2D eigenvalue weighted by atomic mass is 9.83. The van der Waals surface area contributed by atoms with Crippen molar-refractivity contribution in [3.8, 4) is 17.2 Å². The molecule has 0 amide bonds. The average Bonchev–Trinajstić information content (AvgIpc) is 3.84. The summed E-state index contributed by atoms with van der Waals surface area (Å²) in [7, 11) is 0. The molecule has 1 aromatic heterocycles. The highest BCUT2D eigenvalue weighted by molar-refractivity contribution is 5.87. The Bertz CT molecular complexity index is 1580. The van der Waals surface area contributed by atoms with Crippen LogP contribution in [0.4, 0.5) is 5.82 Å². The number of Topliss-reactive ketones (excluding diaryl/α,β-unsaturated/α-hetero) is 1. The number of ketones is 1. The largest absolute Gasteiger partial charge is 0.386 e. The molecule has 43 heavy (non-hydrogen) atoms. The summed E-state index contributed by atoms with van der Waals surface area (Å²) >= 11 is 0. The van der Waals surface area contributed by atoms with E-state index in [0.29, 0.717) is 23.8 Å². The van der Waals surface area contributed by atoms with E-state index in [1.165, 1.54) is 46.2 Å². The number of rotatable bonds is 7. The zero-order valence-electron chi connectivity index (χ0n) is 25.4. The highest BCUT2D eigenvalue weighted by atomic mass is 16.3. The molecular formula is C38H41N3O2. The molecule has 1 unspecified atom stereocenters. The summed E-state index contributed by atoms with van der Waals surface area (Å²) in [6, 6.07) is 20.8. The smallest absolute Gasteiger partial charge is 0.155 e. The lowest BCUT2D eigenvalue weighted by molar-refractivity contribution is -0.122. The van der Waals surface area contributed by atoms with Crippen LogP contribution in [0.15, 0.2) is 78.5 Å². The van der Waals surface area contributed by atoms with E-state index in [1.807, 2.05) is 24.3 Å². The van der Waals surface area contributed by atoms with Crippen LogP contribution in [0.5, 0.6) is 0 Å². The van der Waals surface area contributed by atoms with Crippen molar-refractivity contribution in [1.82, 2.24) is 4.98 Å². The van der Waals surface area contributed by atoms with Crippen molar-refractivity contribution >= 4 is 17.2 Å². The summed E-state index contributed by atoms with van der Waals surface area (Å²) in [5.74, 6) is 1.74. The molecule has 1 aliphatic heterocycles. The Morgan fingerprint density at radius 2 is 1.84 bits per heavy atom. The van der Waals surface area contributed by atoms with Gasteiger partial charge in [0.1, 0.15) is 5.82 Å². The minimum atomic E-state index is -0.932. The van der Waals surface area contributed by atoms with E-state index in [1.54, 1.807) is 20.0 Å². The molecule has 6 rings (SSSR count). The molecule has 5 heteroatoms. The number of nitriles is 1. The molecule has 220 valence electrons. The van der Waals surface area contributed by atoms with Gasteiger partial charge in [-0.2, -0.15) is 5.26 Å². The average molecular weight is 572 g/mol. The standard InChI is InChI=1S/C38H41N3O2/c1-38(2,43)31-19-20-36(40-24-31)41-22-21-28(35(42)25-41)15-16-29-7-4-3-5-8-33-32(27-13-11-26(23-39)12-14-27)9-6-10-34(33)37(29)30-17-18-30/h4,6-7,9-14,19-20,24,28,30,43H,3,5,8,15-18,21-22,25H2,1-2H3/b7-4-,37-29+. The molecule has 2 fully saturated rings. The molecule has 0 radical (unpaired) electrons. The maximum Gasteiger partial charge on any atom is 0.155 e. The molecule has 2 heterocycles. The molecule has 1 N–H and O–H groups in total. The van der Waals surface area contributed by atoms with Crippen LogP contribution in [0.2, 0.25) is 0 Å². The van der Waals surface area contributed by atoms with Crippen molar-refractivity contribution in [2.24, 2.45) is 11.8 Å². The normalized spacial score (nSPS) is 21.8. The number of aromatic nitrogens is 1. The van der Waals surface area contributed by atoms with E-state index in [9.17, 15) is 15.2 Å². The molecule has 0 spiro atoms. The van der Waals surface area contributed by atoms with Gasteiger partial charge in [0.25, 0.3) is 0 Å². The lowest BCUT2D eigenvalue weighted by Crippen LogP contribution is -2.41. The second-order valence-corrected chi connectivity index (χ2v) is 12.9. The van der Waals surface area contributed by atoms with Crippen LogP contribution in [0, 0.1) is 23.2 Å². The minimum Gasteiger partial charge on any atom is -0.386 e. The van der Waals surface area contributed by atoms with Crippen molar-refractivity contribution in [2.45, 2.75) is 70.8 Å². The van der Waals surface area contributed by atoms with Gasteiger partial charge in [0.05, 0.1) is 23.8 Å². The Kier molecular flexibility index (Phi) is 8.32. The zero-order chi connectivity index (χ0) is 30.0. The van der Waals surface area contributed by atoms with Crippen LogP contribution in [-0.4, -0.2) is 29.0 Å². The van der Waals surface area contributed by atoms with Gasteiger partial charge in [-0.25, -0.2) is 4.98 Å². The van der Waals surface area contributed by atoms with Gasteiger partial charge in [-0.15, -0.1) is 0 Å². The quantitative estimate of drug-likeness (QED) is 0.313. The Morgan fingerprint density at radius 3 is 2.51 bits per heavy atom. The predicted octanol–water partition coefficient (Wildman–Crippen LogP) is 7.78. The van der Waals surface area contributed by atoms with E-state index < -0.39 is 5.60 Å². The predicted molar refractivity (Wildman–Crippen MR) is 172 cm³/mol. The number of hydrogen-bond acceptors (Lipinski definition) is 5. The topological polar surface area (TPSA) is 77.2 Å². The second kappa shape index (κ2) is 12.3. The number of anilines is 1. The van der Waals surface area contributed by atoms with Crippen LogP contribution in [0.25, 0.3) is 16.7 Å². The van der Waals surface area contributed by atoms with Crippen molar-refractivity contribution in [3.05, 3.63) is 101 Å². The number of carbonyl (C=O) groups is 1. The second-order valence-electron chi connectivity index (χ2n) is 12.9. The van der Waals surface area contributed by atoms with E-state index in [2.05, 4.69) is 58.4 Å². The fourth-order valence-corrected chi connectivity index (χ4v) is 6.69. The molecular weight excluding hydrogens is 530 g/mol. The SMILES string of the molecule is CC(C)(O)c1ccc(N2CCC(CCC3=C(\C4CC4)c4cccc(-c5ccc(C#N)cc5)c4CCC/C=C\3)C(=O)C2)nc1. The number of benzene rings is 2. The van der Waals surface area contributed by atoms with Gasteiger partial charge in [-0.1, -0.05) is 48.6 Å². The molecule has 5 nitrogen and oxygen atoms in total. The van der Waals surface area contributed by atoms with Crippen molar-refractivity contribution in [1.29, 1.82) is 5.26 Å². The molecule has 1 saturated carbocycles. The maximum atomic E-state index is 13.4. The number of fused-ring (bicyclic) bond motifs is 1. The molecule has 1 atom stereocenters. The molecule has 3 aliphatic rings. The van der Waals surface area contributed by atoms with Gasteiger partial charge < -0.3 is 10.0 Å². The summed E-state index contributed by atoms with van der Waals surface area (Å²) in [5.41, 5.74) is 8.66. The fraction of sp³-hybridized carbons (Fsp3) is 0.395. The van der Waals surface area contributed by atoms with Crippen LogP contribution in [-0.2, 0) is 16.8 Å². The molecule has 0 bridgehead atoms. The summed E-state index contributed by atoms with van der Waals surface area (Å²) in [6.45, 7) is 4.71. The summed E-state index contributed by atoms with van der Waals surface area (Å²) in [6.07, 6.45) is 14.7. The third kappa shape index (κ3) is 6.50. The van der Waals surface area contributed by atoms with Gasteiger partial charge in [0.2, 0.25) is 0 Å². The summed E-state index contributed by atoms with van der Waals surface area (Å²) in [4.78, 5) is 20.0. The Hall–Kier alpha value is -4.01. The van der Waals surface area contributed by atoms with Crippen molar-refractivity contribution in [2.75, 3.05) is 18.0 Å². The van der Waals surface area contributed by atoms with Gasteiger partial charge in [-0.3, -0.25) is 4.79 Å². The van der Waals surface area contributed by atoms with Gasteiger partial charge >= 0.3 is 0 Å². The highest BCUT2D eigenvalue weighted by Crippen LogP contribution is 2.48. The van der Waals surface area contributed by atoms with Crippen LogP contribution in [0.1, 0.15) is 81.0 Å². The zero-order valence-corrected chi connectivity index (χ0v) is 25.4. The monoisotopic (exact) mass is 571 g/mol. The number of carbonyl (C=O) groups excluding carboxylic acids is 1. The summed E-state index contributed by atoms with van der Waals surface area (Å²) < 4.78 is 0. The third-order valence-corrected chi connectivity index (χ3v) is 9.33. The first-order chi connectivity index (χ1) is 20.8. The van der Waals surface area contributed by atoms with Gasteiger partial charge in [0.15, 0.2) is 5.78 Å². The van der Waals surface area contributed by atoms with E-state index in [0.717, 1.165) is 56.5 Å². The maximum absolute atomic E-state index is 13.4. The fourth-order valence-electron chi connectivity index (χ4n) is 6.69. The van der Waals surface area contributed by atoms with E-state index in [4.69, 9.17) is 0 Å². The summed E-state index contributed by atoms with van der Waals surface area (Å²) in [5, 5.41) is 19.5. The van der Waals surface area contributed by atoms with E-state index in [-0.39, 0.29) is 5.92 Å². The first kappa shape index (κ1) is 29.1. The molecule has 2 aliphatic carbocycles. The van der Waals surface area contributed by atoms with Crippen LogP contribution >= 0.6 is 0 Å². The number of allylic oxidation sites excluding steroid dienone is 4. The Morgan fingerprint density at radius 1 is 1.05 bits per heavy atom. The molecule has 3 aromatic rings. The number of aliphatic hydroxyl groups is 1. The lowest BCUT2D eigenvalue weighted by Gasteiger charge is -2.32. The number of nitrogens with zero attached hydrogens (tertiary/aromatic N) is 3. The van der Waals surface area contributed by atoms with Crippen LogP contribution in [0.3, 0.4) is 0 Å². The Labute approximate surface area is 255 Å². The van der Waals surface area contributed by atoms with Crippen LogP contribution < -0.4 is 4.90 Å². The minimum absolute atomic E-state index is 0.0605. The molecule has 1 saturated heterocycles. The highest BCUT2D eigenvalue weighted by Gasteiger charge is 2.32. The molecule has 2 aromatic carbocycles. The third-order valence-electron chi connectivity index (χ3n) is 9.33. The number of pyridine rings is 1. The van der Waals surface area contributed by atoms with Crippen molar-refractivity contribution < 1.29 is 9.90 Å². The van der Waals surface area contributed by atoms with E-state index >= 15 is 0 Å².